The maximum absolute atomic E-state index is 12.7. The van der Waals surface area contributed by atoms with E-state index in [9.17, 15) is 4.39 Å². The molecule has 0 aromatic carbocycles. The number of nitrogens with one attached hydrogen (secondary N) is 1. The summed E-state index contributed by atoms with van der Waals surface area (Å²) in [4.78, 5) is 0. The highest BCUT2D eigenvalue weighted by atomic mass is 19.1. The number of hydrogen-bond donors (Lipinski definition) is 2. The van der Waals surface area contributed by atoms with Gasteiger partial charge in [0.2, 0.25) is 0 Å². The second-order valence-corrected chi connectivity index (χ2v) is 2.48. The molecule has 2 nitrogen and oxygen atoms in total. The fourth-order valence-electron chi connectivity index (χ4n) is 1.10. The van der Waals surface area contributed by atoms with Gasteiger partial charge in [-0.25, -0.2) is 4.39 Å². The quantitative estimate of drug-likeness (QED) is 0.639. The zero-order valence-corrected chi connectivity index (χ0v) is 6.47. The van der Waals surface area contributed by atoms with E-state index in [0.29, 0.717) is 6.42 Å². The minimum Gasteiger partial charge on any atom is -0.508 e. The van der Waals surface area contributed by atoms with E-state index in [1.165, 1.54) is 6.08 Å². The van der Waals surface area contributed by atoms with Gasteiger partial charge in [-0.15, -0.1) is 0 Å². The van der Waals surface area contributed by atoms with Crippen molar-refractivity contribution in [3.8, 4) is 0 Å². The number of likely N-dealkylation sites (N-methyl/N-ethyl adjacent to an activating group) is 1. The van der Waals surface area contributed by atoms with Crippen LogP contribution in [0.4, 0.5) is 4.39 Å². The molecule has 0 radical (unpaired) electrons. The van der Waals surface area contributed by atoms with Crippen molar-refractivity contribution in [2.75, 3.05) is 6.54 Å². The summed E-state index contributed by atoms with van der Waals surface area (Å²) in [7, 11) is 0. The van der Waals surface area contributed by atoms with Crippen molar-refractivity contribution in [2.45, 2.75) is 19.4 Å². The largest absolute Gasteiger partial charge is 0.508 e. The molecular formula is C8H12FNO. The Hall–Kier alpha value is -0.830. The molecule has 62 valence electrons. The standard InChI is InChI=1S/C8H12FNO/c1-2-10-7-5-3-4-6(9)8(7)11/h3-4,7,10-11H,2,5H2,1H3. The predicted octanol–water partition coefficient (Wildman–Crippen LogP) is 1.66. The third-order valence-electron chi connectivity index (χ3n) is 1.66. The van der Waals surface area contributed by atoms with Crippen LogP contribution in [0.15, 0.2) is 23.7 Å². The van der Waals surface area contributed by atoms with Crippen LogP contribution in [0.2, 0.25) is 0 Å². The van der Waals surface area contributed by atoms with Crippen molar-refractivity contribution in [3.63, 3.8) is 0 Å². The number of halogens is 1. The monoisotopic (exact) mass is 157 g/mol. The first-order chi connectivity index (χ1) is 5.25. The molecule has 3 heteroatoms. The van der Waals surface area contributed by atoms with Crippen LogP contribution in [0, 0.1) is 0 Å². The Morgan fingerprint density at radius 2 is 2.55 bits per heavy atom. The molecule has 1 rings (SSSR count). The van der Waals surface area contributed by atoms with Gasteiger partial charge in [0.15, 0.2) is 5.83 Å². The molecule has 0 saturated carbocycles. The Kier molecular flexibility index (Phi) is 2.65. The molecule has 0 spiro atoms. The van der Waals surface area contributed by atoms with Gasteiger partial charge in [0.05, 0.1) is 6.04 Å². The third kappa shape index (κ3) is 1.80. The van der Waals surface area contributed by atoms with E-state index in [1.807, 2.05) is 6.92 Å². The number of rotatable bonds is 2. The lowest BCUT2D eigenvalue weighted by molar-refractivity contribution is 0.317. The summed E-state index contributed by atoms with van der Waals surface area (Å²) >= 11 is 0. The van der Waals surface area contributed by atoms with Crippen molar-refractivity contribution in [1.29, 1.82) is 0 Å². The highest BCUT2D eigenvalue weighted by molar-refractivity contribution is 5.24. The van der Waals surface area contributed by atoms with Gasteiger partial charge >= 0.3 is 0 Å². The Bertz CT molecular complexity index is 198. The molecule has 0 aromatic heterocycles. The first-order valence-corrected chi connectivity index (χ1v) is 3.74. The fourth-order valence-corrected chi connectivity index (χ4v) is 1.10. The van der Waals surface area contributed by atoms with Gasteiger partial charge in [-0.2, -0.15) is 0 Å². The molecule has 0 fully saturated rings. The number of aliphatic hydroxyl groups is 1. The average Bonchev–Trinajstić information content (AvgIpc) is 1.99. The molecule has 0 saturated heterocycles. The zero-order valence-electron chi connectivity index (χ0n) is 6.47. The highest BCUT2D eigenvalue weighted by Crippen LogP contribution is 2.17. The van der Waals surface area contributed by atoms with E-state index >= 15 is 0 Å². The minimum absolute atomic E-state index is 0.172. The van der Waals surface area contributed by atoms with Gasteiger partial charge in [0, 0.05) is 0 Å². The first kappa shape index (κ1) is 8.27. The summed E-state index contributed by atoms with van der Waals surface area (Å²) < 4.78 is 12.7. The smallest absolute Gasteiger partial charge is 0.161 e. The summed E-state index contributed by atoms with van der Waals surface area (Å²) in [5.74, 6) is -0.698. The van der Waals surface area contributed by atoms with E-state index in [1.54, 1.807) is 6.08 Å². The molecule has 1 atom stereocenters. The van der Waals surface area contributed by atoms with Crippen molar-refractivity contribution in [1.82, 2.24) is 5.32 Å². The van der Waals surface area contributed by atoms with Crippen LogP contribution < -0.4 is 5.32 Å². The van der Waals surface area contributed by atoms with Crippen LogP contribution in [0.5, 0.6) is 0 Å². The summed E-state index contributed by atoms with van der Waals surface area (Å²) in [6.45, 7) is 2.65. The molecule has 2 N–H and O–H groups in total. The van der Waals surface area contributed by atoms with Crippen molar-refractivity contribution in [2.24, 2.45) is 0 Å². The second kappa shape index (κ2) is 3.53. The summed E-state index contributed by atoms with van der Waals surface area (Å²) in [6, 6.07) is -0.231. The summed E-state index contributed by atoms with van der Waals surface area (Å²) in [5.41, 5.74) is 0. The normalized spacial score (nSPS) is 24.4. The fraction of sp³-hybridized carbons (Fsp3) is 0.500. The second-order valence-electron chi connectivity index (χ2n) is 2.48. The van der Waals surface area contributed by atoms with Crippen molar-refractivity contribution < 1.29 is 9.50 Å². The van der Waals surface area contributed by atoms with Gasteiger partial charge in [-0.05, 0) is 19.0 Å². The van der Waals surface area contributed by atoms with Gasteiger partial charge < -0.3 is 10.4 Å². The Morgan fingerprint density at radius 3 is 3.18 bits per heavy atom. The minimum atomic E-state index is -0.526. The van der Waals surface area contributed by atoms with E-state index in [4.69, 9.17) is 5.11 Å². The molecule has 1 aliphatic rings. The van der Waals surface area contributed by atoms with E-state index in [2.05, 4.69) is 5.32 Å². The molecule has 0 amide bonds. The average molecular weight is 157 g/mol. The zero-order chi connectivity index (χ0) is 8.27. The van der Waals surface area contributed by atoms with E-state index < -0.39 is 5.83 Å². The predicted molar refractivity (Wildman–Crippen MR) is 42.0 cm³/mol. The van der Waals surface area contributed by atoms with Crippen molar-refractivity contribution in [3.05, 3.63) is 23.7 Å². The van der Waals surface area contributed by atoms with Crippen LogP contribution >= 0.6 is 0 Å². The molecule has 1 unspecified atom stereocenters. The van der Waals surface area contributed by atoms with Crippen LogP contribution in [0.25, 0.3) is 0 Å². The topological polar surface area (TPSA) is 32.3 Å². The Morgan fingerprint density at radius 1 is 1.82 bits per heavy atom. The number of allylic oxidation sites excluding steroid dienone is 2. The lowest BCUT2D eigenvalue weighted by Gasteiger charge is -2.17. The third-order valence-corrected chi connectivity index (χ3v) is 1.66. The highest BCUT2D eigenvalue weighted by Gasteiger charge is 2.17. The van der Waals surface area contributed by atoms with E-state index in [-0.39, 0.29) is 11.8 Å². The van der Waals surface area contributed by atoms with Crippen LogP contribution in [-0.4, -0.2) is 17.7 Å². The van der Waals surface area contributed by atoms with Gasteiger partial charge in [0.1, 0.15) is 5.76 Å². The first-order valence-electron chi connectivity index (χ1n) is 3.74. The lowest BCUT2D eigenvalue weighted by Crippen LogP contribution is -2.31. The molecule has 0 aromatic rings. The lowest BCUT2D eigenvalue weighted by atomic mass is 10.1. The van der Waals surface area contributed by atoms with Crippen molar-refractivity contribution >= 4 is 0 Å². The molecule has 11 heavy (non-hydrogen) atoms. The molecular weight excluding hydrogens is 145 g/mol. The summed E-state index contributed by atoms with van der Waals surface area (Å²) in [6.07, 6.45) is 3.67. The van der Waals surface area contributed by atoms with Gasteiger partial charge in [-0.1, -0.05) is 13.0 Å². The van der Waals surface area contributed by atoms with Crippen LogP contribution in [-0.2, 0) is 0 Å². The van der Waals surface area contributed by atoms with Crippen LogP contribution in [0.1, 0.15) is 13.3 Å². The maximum atomic E-state index is 12.7. The molecule has 0 bridgehead atoms. The van der Waals surface area contributed by atoms with Crippen LogP contribution in [0.3, 0.4) is 0 Å². The number of hydrogen-bond acceptors (Lipinski definition) is 2. The number of aliphatic hydroxyl groups excluding tert-OH is 1. The van der Waals surface area contributed by atoms with Gasteiger partial charge in [0.25, 0.3) is 0 Å². The molecule has 0 aliphatic heterocycles. The summed E-state index contributed by atoms with van der Waals surface area (Å²) in [5, 5.41) is 12.1. The molecule has 1 aliphatic carbocycles. The van der Waals surface area contributed by atoms with Gasteiger partial charge in [-0.3, -0.25) is 0 Å². The Balaban J connectivity index is 2.64. The SMILES string of the molecule is CCNC1CC=CC(F)=C1O. The van der Waals surface area contributed by atoms with E-state index in [0.717, 1.165) is 6.54 Å². The Labute approximate surface area is 65.4 Å². The maximum Gasteiger partial charge on any atom is 0.161 e. The molecule has 0 heterocycles.